The van der Waals surface area contributed by atoms with E-state index in [0.717, 1.165) is 0 Å². The fraction of sp³-hybridized carbons (Fsp3) is 0.750. The molecule has 0 amide bonds. The predicted octanol–water partition coefficient (Wildman–Crippen LogP) is 1.31. The van der Waals surface area contributed by atoms with Crippen molar-refractivity contribution in [3.63, 3.8) is 0 Å². The molecule has 0 N–H and O–H groups in total. The van der Waals surface area contributed by atoms with E-state index in [9.17, 15) is 9.59 Å². The monoisotopic (exact) mass is 222 g/mol. The molecular weight excluding hydrogens is 215 g/mol. The first-order valence-electron chi connectivity index (χ1n) is 4.13. The molecule has 0 bridgehead atoms. The van der Waals surface area contributed by atoms with Crippen molar-refractivity contribution in [3.05, 3.63) is 0 Å². The Bertz CT molecular complexity index is 240. The summed E-state index contributed by atoms with van der Waals surface area (Å²) in [6.45, 7) is 0. The highest BCUT2D eigenvalue weighted by Crippen LogP contribution is 2.40. The van der Waals surface area contributed by atoms with Crippen molar-refractivity contribution in [2.24, 2.45) is 11.8 Å². The lowest BCUT2D eigenvalue weighted by atomic mass is 9.80. The summed E-state index contributed by atoms with van der Waals surface area (Å²) in [7, 11) is 0. The summed E-state index contributed by atoms with van der Waals surface area (Å²) in [5.74, 6) is -1.59. The van der Waals surface area contributed by atoms with E-state index in [2.05, 4.69) is 4.74 Å². The topological polar surface area (TPSA) is 43.4 Å². The highest BCUT2D eigenvalue weighted by Gasteiger charge is 2.49. The van der Waals surface area contributed by atoms with Gasteiger partial charge in [0.15, 0.2) is 0 Å². The Morgan fingerprint density at radius 3 is 1.77 bits per heavy atom. The van der Waals surface area contributed by atoms with Gasteiger partial charge in [0, 0.05) is 0 Å². The minimum Gasteiger partial charge on any atom is -0.393 e. The Morgan fingerprint density at radius 1 is 1.00 bits per heavy atom. The van der Waals surface area contributed by atoms with Gasteiger partial charge in [-0.15, -0.1) is 23.2 Å². The highest BCUT2D eigenvalue weighted by molar-refractivity contribution is 6.30. The molecule has 1 saturated heterocycles. The number of carbonyl (C=O) groups excluding carboxylic acids is 2. The lowest BCUT2D eigenvalue weighted by Crippen LogP contribution is -2.34. The van der Waals surface area contributed by atoms with Crippen molar-refractivity contribution in [2.75, 3.05) is 0 Å². The molecule has 72 valence electrons. The molecule has 1 heterocycles. The van der Waals surface area contributed by atoms with E-state index < -0.39 is 11.9 Å². The zero-order valence-corrected chi connectivity index (χ0v) is 8.22. The van der Waals surface area contributed by atoms with E-state index in [-0.39, 0.29) is 22.6 Å². The van der Waals surface area contributed by atoms with Crippen LogP contribution in [0.25, 0.3) is 0 Å². The maximum absolute atomic E-state index is 11.1. The minimum absolute atomic E-state index is 0.235. The average molecular weight is 223 g/mol. The van der Waals surface area contributed by atoms with Gasteiger partial charge in [-0.25, -0.2) is 0 Å². The summed E-state index contributed by atoms with van der Waals surface area (Å²) in [6.07, 6.45) is 0.899. The van der Waals surface area contributed by atoms with Gasteiger partial charge >= 0.3 is 11.9 Å². The molecule has 0 unspecified atom stereocenters. The number of fused-ring (bicyclic) bond motifs is 1. The number of rotatable bonds is 0. The van der Waals surface area contributed by atoms with Gasteiger partial charge in [-0.05, 0) is 12.8 Å². The standard InChI is InChI=1S/C8H8Cl2O3/c9-5-1-3-4(2-6(5)10)8(12)13-7(3)11/h3-6H,1-2H2/t3-,4+,5-,6+. The van der Waals surface area contributed by atoms with Crippen molar-refractivity contribution in [2.45, 2.75) is 23.6 Å². The van der Waals surface area contributed by atoms with Crippen molar-refractivity contribution in [1.29, 1.82) is 0 Å². The van der Waals surface area contributed by atoms with Gasteiger partial charge in [0.25, 0.3) is 0 Å². The lowest BCUT2D eigenvalue weighted by molar-refractivity contribution is -0.153. The molecule has 5 heteroatoms. The molecule has 0 aromatic rings. The fourth-order valence-corrected chi connectivity index (χ4v) is 2.47. The van der Waals surface area contributed by atoms with E-state index >= 15 is 0 Å². The fourth-order valence-electron chi connectivity index (χ4n) is 1.88. The molecular formula is C8H8Cl2O3. The van der Waals surface area contributed by atoms with Gasteiger partial charge in [0.2, 0.25) is 0 Å². The number of ether oxygens (including phenoxy) is 1. The third-order valence-corrected chi connectivity index (χ3v) is 3.74. The van der Waals surface area contributed by atoms with Crippen LogP contribution in [0.15, 0.2) is 0 Å². The Kier molecular flexibility index (Phi) is 2.24. The van der Waals surface area contributed by atoms with Crippen LogP contribution in [-0.2, 0) is 14.3 Å². The smallest absolute Gasteiger partial charge is 0.317 e. The summed E-state index contributed by atoms with van der Waals surface area (Å²) in [6, 6.07) is 0. The third kappa shape index (κ3) is 1.44. The molecule has 1 saturated carbocycles. The number of hydrogen-bond donors (Lipinski definition) is 0. The minimum atomic E-state index is -0.441. The summed E-state index contributed by atoms with van der Waals surface area (Å²) >= 11 is 11.8. The van der Waals surface area contributed by atoms with Crippen molar-refractivity contribution >= 4 is 35.1 Å². The molecule has 2 fully saturated rings. The van der Waals surface area contributed by atoms with Gasteiger partial charge in [0.05, 0.1) is 22.6 Å². The molecule has 0 aromatic carbocycles. The molecule has 1 aliphatic heterocycles. The van der Waals surface area contributed by atoms with Gasteiger partial charge in [0.1, 0.15) is 0 Å². The Labute approximate surface area is 85.3 Å². The second kappa shape index (κ2) is 3.14. The maximum atomic E-state index is 11.1. The second-order valence-electron chi connectivity index (χ2n) is 3.46. The van der Waals surface area contributed by atoms with Crippen molar-refractivity contribution < 1.29 is 14.3 Å². The van der Waals surface area contributed by atoms with Crippen LogP contribution in [0, 0.1) is 11.8 Å². The number of carbonyl (C=O) groups is 2. The summed E-state index contributed by atoms with van der Waals surface area (Å²) < 4.78 is 4.51. The van der Waals surface area contributed by atoms with Crippen LogP contribution >= 0.6 is 23.2 Å². The lowest BCUT2D eigenvalue weighted by Gasteiger charge is -2.27. The predicted molar refractivity (Wildman–Crippen MR) is 46.6 cm³/mol. The van der Waals surface area contributed by atoms with E-state index in [0.29, 0.717) is 12.8 Å². The van der Waals surface area contributed by atoms with Crippen LogP contribution in [0.3, 0.4) is 0 Å². The van der Waals surface area contributed by atoms with Gasteiger partial charge < -0.3 is 4.74 Å². The second-order valence-corrected chi connectivity index (χ2v) is 4.58. The Hall–Kier alpha value is -0.280. The first-order valence-corrected chi connectivity index (χ1v) is 5.00. The van der Waals surface area contributed by atoms with E-state index in [1.54, 1.807) is 0 Å². The SMILES string of the molecule is O=C1OC(=O)[C@@H]2C[C@@H](Cl)[C@@H](Cl)C[C@H]12. The molecule has 2 aliphatic rings. The molecule has 0 aromatic heterocycles. The third-order valence-electron chi connectivity index (χ3n) is 2.64. The van der Waals surface area contributed by atoms with E-state index in [1.165, 1.54) is 0 Å². The molecule has 0 radical (unpaired) electrons. The van der Waals surface area contributed by atoms with E-state index in [1.807, 2.05) is 0 Å². The molecule has 4 atom stereocenters. The molecule has 2 rings (SSSR count). The Balaban J connectivity index is 2.19. The van der Waals surface area contributed by atoms with Crippen LogP contribution < -0.4 is 0 Å². The zero-order chi connectivity index (χ0) is 9.59. The molecule has 1 aliphatic carbocycles. The number of esters is 2. The van der Waals surface area contributed by atoms with Crippen LogP contribution in [0.2, 0.25) is 0 Å². The summed E-state index contributed by atoms with van der Waals surface area (Å²) in [4.78, 5) is 22.3. The van der Waals surface area contributed by atoms with Gasteiger partial charge in [-0.1, -0.05) is 0 Å². The van der Waals surface area contributed by atoms with Crippen LogP contribution in [0.5, 0.6) is 0 Å². The molecule has 3 nitrogen and oxygen atoms in total. The Morgan fingerprint density at radius 2 is 1.38 bits per heavy atom. The first-order chi connectivity index (χ1) is 6.09. The number of hydrogen-bond acceptors (Lipinski definition) is 3. The maximum Gasteiger partial charge on any atom is 0.317 e. The number of halogens is 2. The quantitative estimate of drug-likeness (QED) is 0.353. The zero-order valence-electron chi connectivity index (χ0n) is 6.70. The van der Waals surface area contributed by atoms with Gasteiger partial charge in [-0.2, -0.15) is 0 Å². The van der Waals surface area contributed by atoms with Crippen LogP contribution in [-0.4, -0.2) is 22.7 Å². The van der Waals surface area contributed by atoms with Crippen molar-refractivity contribution in [1.82, 2.24) is 0 Å². The number of alkyl halides is 2. The number of cyclic esters (lactones) is 2. The molecule has 13 heavy (non-hydrogen) atoms. The van der Waals surface area contributed by atoms with Gasteiger partial charge in [-0.3, -0.25) is 9.59 Å². The van der Waals surface area contributed by atoms with Crippen LogP contribution in [0.4, 0.5) is 0 Å². The average Bonchev–Trinajstić information content (AvgIpc) is 2.31. The summed E-state index contributed by atoms with van der Waals surface area (Å²) in [5, 5.41) is -0.470. The highest BCUT2D eigenvalue weighted by atomic mass is 35.5. The van der Waals surface area contributed by atoms with E-state index in [4.69, 9.17) is 23.2 Å². The largest absolute Gasteiger partial charge is 0.393 e. The summed E-state index contributed by atoms with van der Waals surface area (Å²) in [5.41, 5.74) is 0. The van der Waals surface area contributed by atoms with Crippen LogP contribution in [0.1, 0.15) is 12.8 Å². The van der Waals surface area contributed by atoms with Crippen molar-refractivity contribution in [3.8, 4) is 0 Å². The normalized spacial score (nSPS) is 44.5. The molecule has 0 spiro atoms. The first kappa shape index (κ1) is 9.28.